The number of amides is 1. The number of hydrogen-bond acceptors (Lipinski definition) is 6. The minimum Gasteiger partial charge on any atom is -0.479 e. The summed E-state index contributed by atoms with van der Waals surface area (Å²) in [4.78, 5) is 23.1. The van der Waals surface area contributed by atoms with Gasteiger partial charge in [-0.1, -0.05) is 29.8 Å². The summed E-state index contributed by atoms with van der Waals surface area (Å²) in [6, 6.07) is 14.8. The highest BCUT2D eigenvalue weighted by Crippen LogP contribution is 2.27. The number of carbonyl (C=O) groups excluding carboxylic acids is 1. The van der Waals surface area contributed by atoms with Gasteiger partial charge in [0, 0.05) is 22.8 Å². The third kappa shape index (κ3) is 5.24. The Balaban J connectivity index is 1.39. The van der Waals surface area contributed by atoms with E-state index in [1.807, 2.05) is 6.92 Å². The van der Waals surface area contributed by atoms with Gasteiger partial charge in [0.1, 0.15) is 18.2 Å². The van der Waals surface area contributed by atoms with Crippen molar-refractivity contribution in [1.29, 1.82) is 0 Å². The van der Waals surface area contributed by atoms with Crippen molar-refractivity contribution in [2.24, 2.45) is 0 Å². The topological polar surface area (TPSA) is 112 Å². The maximum absolute atomic E-state index is 13.3. The van der Waals surface area contributed by atoms with Crippen molar-refractivity contribution in [3.05, 3.63) is 104 Å². The van der Waals surface area contributed by atoms with Crippen molar-refractivity contribution in [2.75, 3.05) is 5.32 Å². The molecule has 1 N–H and O–H groups in total. The van der Waals surface area contributed by atoms with Gasteiger partial charge in [0.25, 0.3) is 5.91 Å². The van der Waals surface area contributed by atoms with E-state index in [1.165, 1.54) is 36.4 Å². The number of anilines is 1. The van der Waals surface area contributed by atoms with E-state index in [0.717, 1.165) is 5.69 Å². The molecule has 4 aromatic rings. The van der Waals surface area contributed by atoms with Crippen LogP contribution in [0.2, 0.25) is 5.02 Å². The Morgan fingerprint density at radius 1 is 1.24 bits per heavy atom. The molecule has 0 fully saturated rings. The van der Waals surface area contributed by atoms with Crippen LogP contribution in [0, 0.1) is 22.9 Å². The van der Waals surface area contributed by atoms with E-state index in [-0.39, 0.29) is 28.8 Å². The molecule has 4 rings (SSSR count). The number of benzene rings is 2. The molecule has 2 aromatic heterocycles. The molecule has 0 aliphatic carbocycles. The fourth-order valence-corrected chi connectivity index (χ4v) is 3.40. The zero-order valence-corrected chi connectivity index (χ0v) is 18.6. The molecule has 9 nitrogen and oxygen atoms in total. The maximum atomic E-state index is 13.3. The summed E-state index contributed by atoms with van der Waals surface area (Å²) in [5, 5.41) is 18.4. The van der Waals surface area contributed by atoms with Crippen LogP contribution in [0.4, 0.5) is 15.9 Å². The third-order valence-corrected chi connectivity index (χ3v) is 5.23. The minimum atomic E-state index is -0.540. The molecule has 0 bridgehead atoms. The fraction of sp³-hybridized carbons (Fsp3) is 0.130. The lowest BCUT2D eigenvalue weighted by molar-refractivity contribution is -0.386. The molecule has 0 radical (unpaired) electrons. The van der Waals surface area contributed by atoms with Gasteiger partial charge < -0.3 is 14.5 Å². The Morgan fingerprint density at radius 2 is 2.03 bits per heavy atom. The van der Waals surface area contributed by atoms with Crippen LogP contribution in [0.3, 0.4) is 0 Å². The smallest absolute Gasteiger partial charge is 0.310 e. The van der Waals surface area contributed by atoms with Gasteiger partial charge in [0.15, 0.2) is 17.3 Å². The lowest BCUT2D eigenvalue weighted by Crippen LogP contribution is -2.12. The van der Waals surface area contributed by atoms with E-state index < -0.39 is 16.6 Å². The zero-order chi connectivity index (χ0) is 24.2. The quantitative estimate of drug-likeness (QED) is 0.266. The number of hydrogen-bond donors (Lipinski definition) is 1. The standard InChI is InChI=1S/C23H18ClFN4O5/c1-14-10-22(27-28(14)12-15-6-7-16(25)11-18(15)24)26-23(30)21-9-8-17(34-21)13-33-20-5-3-2-4-19(20)29(31)32/h2-11H,12-13H2,1H3,(H,26,27,30). The van der Waals surface area contributed by atoms with Crippen molar-refractivity contribution < 1.29 is 23.3 Å². The SMILES string of the molecule is Cc1cc(NC(=O)c2ccc(COc3ccccc3[N+](=O)[O-])o2)nn1Cc1ccc(F)cc1Cl. The predicted octanol–water partition coefficient (Wildman–Crippen LogP) is 5.36. The van der Waals surface area contributed by atoms with Crippen molar-refractivity contribution >= 4 is 29.0 Å². The first-order valence-corrected chi connectivity index (χ1v) is 10.4. The van der Waals surface area contributed by atoms with Gasteiger partial charge in [-0.3, -0.25) is 19.6 Å². The molecule has 0 atom stereocenters. The number of halogens is 2. The van der Waals surface area contributed by atoms with Gasteiger partial charge in [-0.05, 0) is 42.8 Å². The number of para-hydroxylation sites is 2. The van der Waals surface area contributed by atoms with Crippen LogP contribution in [0.15, 0.2) is 65.1 Å². The van der Waals surface area contributed by atoms with Gasteiger partial charge in [0.2, 0.25) is 0 Å². The Morgan fingerprint density at radius 3 is 2.79 bits per heavy atom. The summed E-state index contributed by atoms with van der Waals surface area (Å²) in [7, 11) is 0. The third-order valence-electron chi connectivity index (χ3n) is 4.88. The molecule has 174 valence electrons. The number of nitro benzene ring substituents is 1. The molecule has 11 heteroatoms. The first-order valence-electron chi connectivity index (χ1n) is 10.0. The lowest BCUT2D eigenvalue weighted by atomic mass is 10.2. The monoisotopic (exact) mass is 484 g/mol. The molecule has 0 saturated carbocycles. The highest BCUT2D eigenvalue weighted by atomic mass is 35.5. The van der Waals surface area contributed by atoms with E-state index in [0.29, 0.717) is 23.7 Å². The molecular formula is C23H18ClFN4O5. The average Bonchev–Trinajstić information content (AvgIpc) is 3.41. The highest BCUT2D eigenvalue weighted by molar-refractivity contribution is 6.31. The van der Waals surface area contributed by atoms with Gasteiger partial charge in [-0.2, -0.15) is 5.10 Å². The fourth-order valence-electron chi connectivity index (χ4n) is 3.18. The first-order chi connectivity index (χ1) is 16.3. The minimum absolute atomic E-state index is 0.0231. The summed E-state index contributed by atoms with van der Waals surface area (Å²) >= 11 is 6.09. The van der Waals surface area contributed by atoms with Gasteiger partial charge in [-0.15, -0.1) is 0 Å². The van der Waals surface area contributed by atoms with Crippen LogP contribution in [0.1, 0.15) is 27.6 Å². The van der Waals surface area contributed by atoms with Gasteiger partial charge in [-0.25, -0.2) is 4.39 Å². The summed E-state index contributed by atoms with van der Waals surface area (Å²) in [5.41, 5.74) is 1.27. The average molecular weight is 485 g/mol. The van der Waals surface area contributed by atoms with E-state index in [4.69, 9.17) is 20.8 Å². The molecule has 0 unspecified atom stereocenters. The Kier molecular flexibility index (Phi) is 6.60. The zero-order valence-electron chi connectivity index (χ0n) is 17.8. The summed E-state index contributed by atoms with van der Waals surface area (Å²) in [6.45, 7) is 2.02. The van der Waals surface area contributed by atoms with Crippen molar-refractivity contribution in [3.8, 4) is 5.75 Å². The molecule has 34 heavy (non-hydrogen) atoms. The number of furan rings is 1. The number of rotatable bonds is 8. The normalized spacial score (nSPS) is 10.8. The Hall–Kier alpha value is -4.18. The number of nitro groups is 1. The second-order valence-electron chi connectivity index (χ2n) is 7.30. The number of aromatic nitrogens is 2. The predicted molar refractivity (Wildman–Crippen MR) is 122 cm³/mol. The van der Waals surface area contributed by atoms with E-state index in [2.05, 4.69) is 10.4 Å². The van der Waals surface area contributed by atoms with Crippen molar-refractivity contribution in [1.82, 2.24) is 9.78 Å². The van der Waals surface area contributed by atoms with Crippen LogP contribution in [0.25, 0.3) is 0 Å². The van der Waals surface area contributed by atoms with E-state index in [9.17, 15) is 19.3 Å². The Labute approximate surface area is 197 Å². The molecule has 0 aliphatic heterocycles. The molecule has 1 amide bonds. The maximum Gasteiger partial charge on any atom is 0.310 e. The second kappa shape index (κ2) is 9.75. The second-order valence-corrected chi connectivity index (χ2v) is 7.71. The Bertz CT molecular complexity index is 1370. The highest BCUT2D eigenvalue weighted by Gasteiger charge is 2.17. The lowest BCUT2D eigenvalue weighted by Gasteiger charge is -2.06. The number of nitrogens with zero attached hydrogens (tertiary/aromatic N) is 3. The number of carbonyl (C=O) groups is 1. The van der Waals surface area contributed by atoms with Crippen molar-refractivity contribution in [3.63, 3.8) is 0 Å². The summed E-state index contributed by atoms with van der Waals surface area (Å²) in [5.74, 6) is -0.219. The molecule has 2 heterocycles. The van der Waals surface area contributed by atoms with Crippen LogP contribution >= 0.6 is 11.6 Å². The molecular weight excluding hydrogens is 467 g/mol. The molecule has 0 saturated heterocycles. The number of nitrogens with one attached hydrogen (secondary N) is 1. The van der Waals surface area contributed by atoms with E-state index >= 15 is 0 Å². The van der Waals surface area contributed by atoms with Crippen molar-refractivity contribution in [2.45, 2.75) is 20.1 Å². The summed E-state index contributed by atoms with van der Waals surface area (Å²) < 4.78 is 25.9. The van der Waals surface area contributed by atoms with Crippen LogP contribution in [-0.4, -0.2) is 20.6 Å². The number of ether oxygens (including phenoxy) is 1. The van der Waals surface area contributed by atoms with Crippen LogP contribution in [0.5, 0.6) is 5.75 Å². The molecule has 0 aliphatic rings. The molecule has 0 spiro atoms. The first kappa shape index (κ1) is 23.0. The van der Waals surface area contributed by atoms with Gasteiger partial charge >= 0.3 is 5.69 Å². The van der Waals surface area contributed by atoms with E-state index in [1.54, 1.807) is 28.9 Å². The van der Waals surface area contributed by atoms with Gasteiger partial charge in [0.05, 0.1) is 11.5 Å². The largest absolute Gasteiger partial charge is 0.479 e. The van der Waals surface area contributed by atoms with Crippen LogP contribution in [-0.2, 0) is 13.2 Å². The van der Waals surface area contributed by atoms with Crippen LogP contribution < -0.4 is 10.1 Å². The number of aryl methyl sites for hydroxylation is 1. The molecule has 2 aromatic carbocycles. The summed E-state index contributed by atoms with van der Waals surface area (Å²) in [6.07, 6.45) is 0.